The number of nitrogens with one attached hydrogen (secondary N) is 1. The molecule has 0 saturated carbocycles. The van der Waals surface area contributed by atoms with Gasteiger partial charge in [0.15, 0.2) is 5.71 Å². The highest BCUT2D eigenvalue weighted by Crippen LogP contribution is 2.30. The van der Waals surface area contributed by atoms with Gasteiger partial charge < -0.3 is 15.1 Å². The van der Waals surface area contributed by atoms with Crippen molar-refractivity contribution >= 4 is 51.9 Å². The predicted molar refractivity (Wildman–Crippen MR) is 144 cm³/mol. The summed E-state index contributed by atoms with van der Waals surface area (Å²) in [4.78, 5) is 35.6. The number of hydrogen-bond donors (Lipinski definition) is 1. The van der Waals surface area contributed by atoms with Gasteiger partial charge in [-0.25, -0.2) is 4.99 Å². The summed E-state index contributed by atoms with van der Waals surface area (Å²) in [6, 6.07) is 20.5. The quantitative estimate of drug-likeness (QED) is 0.338. The van der Waals surface area contributed by atoms with E-state index in [4.69, 9.17) is 11.6 Å². The molecule has 0 radical (unpaired) electrons. The molecule has 1 heterocycles. The molecule has 0 spiro atoms. The number of halogens is 1. The van der Waals surface area contributed by atoms with Crippen LogP contribution in [0.4, 0.5) is 22.7 Å². The van der Waals surface area contributed by atoms with Crippen LogP contribution < -0.4 is 15.1 Å². The molecule has 1 aliphatic heterocycles. The minimum absolute atomic E-state index is 0.180. The molecule has 0 saturated heterocycles. The summed E-state index contributed by atoms with van der Waals surface area (Å²) in [5.74, 6) is -1.04. The number of benzene rings is 3. The molecule has 0 aromatic heterocycles. The lowest BCUT2D eigenvalue weighted by Crippen LogP contribution is -2.41. The maximum absolute atomic E-state index is 13.7. The summed E-state index contributed by atoms with van der Waals surface area (Å²) in [5, 5.41) is 3.16. The first-order valence-electron chi connectivity index (χ1n) is 11.8. The SMILES string of the molecule is CCN(CC)c1ccc(N=C(C(=O)Nc2ccccc2Cl)C(=O)N2CCc3ccccc32)c(C)c1. The maximum Gasteiger partial charge on any atom is 0.282 e. The molecule has 2 amide bonds. The van der Waals surface area contributed by atoms with Crippen LogP contribution in [-0.4, -0.2) is 37.2 Å². The van der Waals surface area contributed by atoms with Crippen molar-refractivity contribution in [2.75, 3.05) is 34.8 Å². The number of aryl methyl sites for hydroxylation is 1. The summed E-state index contributed by atoms with van der Waals surface area (Å²) in [7, 11) is 0. The second-order valence-corrected chi connectivity index (χ2v) is 8.78. The smallest absolute Gasteiger partial charge is 0.282 e. The molecule has 7 heteroatoms. The third kappa shape index (κ3) is 5.23. The molecule has 35 heavy (non-hydrogen) atoms. The monoisotopic (exact) mass is 488 g/mol. The minimum atomic E-state index is -0.597. The van der Waals surface area contributed by atoms with E-state index in [1.54, 1.807) is 29.2 Å². The molecule has 0 bridgehead atoms. The Morgan fingerprint density at radius 1 is 1.03 bits per heavy atom. The topological polar surface area (TPSA) is 65.0 Å². The molecule has 6 nitrogen and oxygen atoms in total. The molecule has 0 fully saturated rings. The van der Waals surface area contributed by atoms with Crippen LogP contribution >= 0.6 is 11.6 Å². The lowest BCUT2D eigenvalue weighted by Gasteiger charge is -2.22. The van der Waals surface area contributed by atoms with Gasteiger partial charge >= 0.3 is 0 Å². The maximum atomic E-state index is 13.7. The lowest BCUT2D eigenvalue weighted by atomic mass is 10.1. The number of aliphatic imine (C=N–C) groups is 1. The van der Waals surface area contributed by atoms with E-state index in [1.165, 1.54) is 0 Å². The summed E-state index contributed by atoms with van der Waals surface area (Å²) in [6.07, 6.45) is 0.735. The van der Waals surface area contributed by atoms with Gasteiger partial charge in [0, 0.05) is 31.0 Å². The standard InChI is InChI=1S/C28H29ClN4O2/c1-4-32(5-2)21-14-15-23(19(3)18-21)30-26(27(34)31-24-12-8-7-11-22(24)29)28(35)33-17-16-20-10-6-9-13-25(20)33/h6-15,18H,4-5,16-17H2,1-3H3,(H,31,34). The van der Waals surface area contributed by atoms with Crippen molar-refractivity contribution in [3.63, 3.8) is 0 Å². The molecule has 1 aliphatic rings. The molecule has 3 aromatic rings. The van der Waals surface area contributed by atoms with Gasteiger partial charge in [-0.15, -0.1) is 0 Å². The van der Waals surface area contributed by atoms with Gasteiger partial charge in [0.2, 0.25) is 0 Å². The largest absolute Gasteiger partial charge is 0.372 e. The average Bonchev–Trinajstić information content (AvgIpc) is 3.29. The fourth-order valence-electron chi connectivity index (χ4n) is 4.29. The number of nitrogens with zero attached hydrogens (tertiary/aromatic N) is 3. The third-order valence-corrected chi connectivity index (χ3v) is 6.54. The number of para-hydroxylation sites is 2. The van der Waals surface area contributed by atoms with Crippen LogP contribution in [0.25, 0.3) is 0 Å². The second kappa shape index (κ2) is 10.7. The van der Waals surface area contributed by atoms with Crippen LogP contribution in [-0.2, 0) is 16.0 Å². The van der Waals surface area contributed by atoms with Gasteiger partial charge in [0.1, 0.15) is 0 Å². The molecule has 180 valence electrons. The van der Waals surface area contributed by atoms with Crippen molar-refractivity contribution in [1.82, 2.24) is 0 Å². The first kappa shape index (κ1) is 24.5. The number of rotatable bonds is 7. The van der Waals surface area contributed by atoms with Gasteiger partial charge in [-0.2, -0.15) is 0 Å². The minimum Gasteiger partial charge on any atom is -0.372 e. The molecular formula is C28H29ClN4O2. The Balaban J connectivity index is 1.73. The Kier molecular flexibility index (Phi) is 7.51. The number of amides is 2. The highest BCUT2D eigenvalue weighted by molar-refractivity contribution is 6.69. The van der Waals surface area contributed by atoms with Crippen LogP contribution in [0.15, 0.2) is 71.7 Å². The highest BCUT2D eigenvalue weighted by Gasteiger charge is 2.31. The summed E-state index contributed by atoms with van der Waals surface area (Å²) >= 11 is 6.25. The van der Waals surface area contributed by atoms with E-state index in [0.29, 0.717) is 22.9 Å². The molecule has 0 unspecified atom stereocenters. The Bertz CT molecular complexity index is 1280. The van der Waals surface area contributed by atoms with Crippen molar-refractivity contribution in [3.8, 4) is 0 Å². The normalized spacial score (nSPS) is 12.9. The number of carbonyl (C=O) groups is 2. The zero-order valence-corrected chi connectivity index (χ0v) is 21.0. The van der Waals surface area contributed by atoms with Crippen molar-refractivity contribution in [3.05, 3.63) is 82.9 Å². The van der Waals surface area contributed by atoms with Gasteiger partial charge in [0.05, 0.1) is 16.4 Å². The number of carbonyl (C=O) groups excluding carboxylic acids is 2. The molecular weight excluding hydrogens is 460 g/mol. The summed E-state index contributed by atoms with van der Waals surface area (Å²) in [5.41, 5.74) is 4.66. The Morgan fingerprint density at radius 3 is 2.46 bits per heavy atom. The van der Waals surface area contributed by atoms with Gasteiger partial charge in [-0.05, 0) is 74.7 Å². The molecule has 0 atom stereocenters. The van der Waals surface area contributed by atoms with E-state index >= 15 is 0 Å². The van der Waals surface area contributed by atoms with Crippen molar-refractivity contribution in [1.29, 1.82) is 0 Å². The fourth-order valence-corrected chi connectivity index (χ4v) is 4.47. The number of anilines is 3. The van der Waals surface area contributed by atoms with E-state index in [0.717, 1.165) is 42.0 Å². The second-order valence-electron chi connectivity index (χ2n) is 8.37. The third-order valence-electron chi connectivity index (χ3n) is 6.21. The fraction of sp³-hybridized carbons (Fsp3) is 0.250. The van der Waals surface area contributed by atoms with E-state index in [1.807, 2.05) is 49.4 Å². The first-order valence-corrected chi connectivity index (χ1v) is 12.2. The van der Waals surface area contributed by atoms with Crippen LogP contribution in [0, 0.1) is 6.92 Å². The van der Waals surface area contributed by atoms with Gasteiger partial charge in [-0.3, -0.25) is 9.59 Å². The van der Waals surface area contributed by atoms with Crippen molar-refractivity contribution in [2.24, 2.45) is 4.99 Å². The summed E-state index contributed by atoms with van der Waals surface area (Å²) < 4.78 is 0. The van der Waals surface area contributed by atoms with Crippen LogP contribution in [0.5, 0.6) is 0 Å². The van der Waals surface area contributed by atoms with E-state index < -0.39 is 11.8 Å². The highest BCUT2D eigenvalue weighted by atomic mass is 35.5. The van der Waals surface area contributed by atoms with E-state index in [9.17, 15) is 9.59 Å². The van der Waals surface area contributed by atoms with Crippen LogP contribution in [0.1, 0.15) is 25.0 Å². The number of hydrogen-bond acceptors (Lipinski definition) is 4. The molecule has 1 N–H and O–H groups in total. The van der Waals surface area contributed by atoms with E-state index in [-0.39, 0.29) is 5.71 Å². The predicted octanol–water partition coefficient (Wildman–Crippen LogP) is 5.80. The zero-order valence-electron chi connectivity index (χ0n) is 20.2. The first-order chi connectivity index (χ1) is 16.9. The average molecular weight is 489 g/mol. The molecule has 3 aromatic carbocycles. The zero-order chi connectivity index (χ0) is 24.9. The Labute approximate surface area is 211 Å². The Morgan fingerprint density at radius 2 is 1.74 bits per heavy atom. The van der Waals surface area contributed by atoms with Crippen molar-refractivity contribution in [2.45, 2.75) is 27.2 Å². The van der Waals surface area contributed by atoms with Gasteiger partial charge in [-0.1, -0.05) is 41.9 Å². The molecule has 0 aliphatic carbocycles. The lowest BCUT2D eigenvalue weighted by molar-refractivity contribution is -0.115. The number of fused-ring (bicyclic) bond motifs is 1. The summed E-state index contributed by atoms with van der Waals surface area (Å²) in [6.45, 7) is 8.42. The van der Waals surface area contributed by atoms with Crippen LogP contribution in [0.2, 0.25) is 5.02 Å². The van der Waals surface area contributed by atoms with Crippen molar-refractivity contribution < 1.29 is 9.59 Å². The van der Waals surface area contributed by atoms with Gasteiger partial charge in [0.25, 0.3) is 11.8 Å². The Hall–Kier alpha value is -3.64. The molecule has 4 rings (SSSR count). The van der Waals surface area contributed by atoms with Crippen LogP contribution in [0.3, 0.4) is 0 Å². The van der Waals surface area contributed by atoms with E-state index in [2.05, 4.69) is 29.1 Å².